The van der Waals surface area contributed by atoms with Crippen molar-refractivity contribution in [1.29, 1.82) is 5.26 Å². The average Bonchev–Trinajstić information content (AvgIpc) is 3.52. The molecule has 0 bridgehead atoms. The first kappa shape index (κ1) is 23.6. The quantitative estimate of drug-likeness (QED) is 0.646. The van der Waals surface area contributed by atoms with Gasteiger partial charge < -0.3 is 15.1 Å². The molecule has 1 aromatic carbocycles. The largest absolute Gasteiger partial charge is 0.328 e. The Morgan fingerprint density at radius 3 is 2.36 bits per heavy atom. The standard InChI is InChI=1S/C25H32F2N4O2/c1-30-11-9-24(10-12-30)17-31(18-24)22(33)29-20(21(32)15-23(16-28)7-8-23)14-25(26,27)13-19-5-3-2-4-6-19/h2-6,20H,7-15,17-18H2,1H3,(H,29,33)/t20-/m0/s1. The number of carbonyl (C=O) groups is 2. The van der Waals surface area contributed by atoms with Crippen molar-refractivity contribution in [2.24, 2.45) is 10.8 Å². The van der Waals surface area contributed by atoms with E-state index in [1.165, 1.54) is 0 Å². The number of nitrogens with zero attached hydrogens (tertiary/aromatic N) is 3. The molecule has 1 spiro atoms. The number of carbonyl (C=O) groups excluding carboxylic acids is 2. The fourth-order valence-electron chi connectivity index (χ4n) is 5.00. The SMILES string of the molecule is CN1CCC2(CC1)CN(C(=O)N[C@@H](CC(F)(F)Cc1ccccc1)C(=O)CC1(C#N)CC1)C2. The summed E-state index contributed by atoms with van der Waals surface area (Å²) in [6.45, 7) is 3.16. The molecule has 2 amide bonds. The zero-order valence-corrected chi connectivity index (χ0v) is 19.2. The number of nitrogens with one attached hydrogen (secondary N) is 1. The van der Waals surface area contributed by atoms with Crippen LogP contribution in [-0.2, 0) is 11.2 Å². The summed E-state index contributed by atoms with van der Waals surface area (Å²) in [6.07, 6.45) is 1.85. The summed E-state index contributed by atoms with van der Waals surface area (Å²) in [7, 11) is 2.08. The van der Waals surface area contributed by atoms with Gasteiger partial charge in [0.1, 0.15) is 0 Å². The Morgan fingerprint density at radius 1 is 1.15 bits per heavy atom. The third kappa shape index (κ3) is 5.70. The van der Waals surface area contributed by atoms with Gasteiger partial charge in [0.05, 0.1) is 17.5 Å². The van der Waals surface area contributed by atoms with Crippen molar-refractivity contribution in [3.63, 3.8) is 0 Å². The molecular formula is C25H32F2N4O2. The molecule has 2 saturated heterocycles. The molecule has 6 nitrogen and oxygen atoms in total. The summed E-state index contributed by atoms with van der Waals surface area (Å²) in [5, 5.41) is 11.9. The highest BCUT2D eigenvalue weighted by molar-refractivity contribution is 5.89. The van der Waals surface area contributed by atoms with Crippen LogP contribution in [0.5, 0.6) is 0 Å². The van der Waals surface area contributed by atoms with E-state index < -0.39 is 42.0 Å². The summed E-state index contributed by atoms with van der Waals surface area (Å²) in [5.74, 6) is -3.65. The number of alkyl halides is 2. The zero-order valence-electron chi connectivity index (χ0n) is 19.2. The Labute approximate surface area is 193 Å². The van der Waals surface area contributed by atoms with E-state index in [0.29, 0.717) is 31.5 Å². The first-order chi connectivity index (χ1) is 15.6. The van der Waals surface area contributed by atoms with E-state index in [1.54, 1.807) is 35.2 Å². The van der Waals surface area contributed by atoms with Crippen LogP contribution in [0.4, 0.5) is 13.6 Å². The molecule has 1 N–H and O–H groups in total. The minimum absolute atomic E-state index is 0.0911. The van der Waals surface area contributed by atoms with Crippen LogP contribution < -0.4 is 5.32 Å². The summed E-state index contributed by atoms with van der Waals surface area (Å²) in [4.78, 5) is 29.7. The Bertz CT molecular complexity index is 910. The lowest BCUT2D eigenvalue weighted by Crippen LogP contribution is -2.64. The van der Waals surface area contributed by atoms with Crippen LogP contribution >= 0.6 is 0 Å². The number of piperidine rings is 1. The number of urea groups is 1. The van der Waals surface area contributed by atoms with Crippen LogP contribution in [0.2, 0.25) is 0 Å². The highest BCUT2D eigenvalue weighted by atomic mass is 19.3. The van der Waals surface area contributed by atoms with Crippen molar-refractivity contribution >= 4 is 11.8 Å². The maximum Gasteiger partial charge on any atom is 0.318 e. The van der Waals surface area contributed by atoms with E-state index in [9.17, 15) is 23.6 Å². The number of rotatable bonds is 8. The lowest BCUT2D eigenvalue weighted by Gasteiger charge is -2.53. The molecule has 3 fully saturated rings. The number of nitriles is 1. The van der Waals surface area contributed by atoms with Gasteiger partial charge in [-0.2, -0.15) is 5.26 Å². The van der Waals surface area contributed by atoms with E-state index in [0.717, 1.165) is 25.9 Å². The normalized spacial score (nSPS) is 22.2. The van der Waals surface area contributed by atoms with Crippen molar-refractivity contribution in [2.75, 3.05) is 33.2 Å². The van der Waals surface area contributed by atoms with E-state index in [-0.39, 0.29) is 11.8 Å². The number of hydrogen-bond acceptors (Lipinski definition) is 4. The lowest BCUT2D eigenvalue weighted by atomic mass is 9.72. The first-order valence-corrected chi connectivity index (χ1v) is 11.7. The monoisotopic (exact) mass is 458 g/mol. The Kier molecular flexibility index (Phi) is 6.45. The molecule has 0 aromatic heterocycles. The summed E-state index contributed by atoms with van der Waals surface area (Å²) in [5.41, 5.74) is -0.161. The van der Waals surface area contributed by atoms with Gasteiger partial charge in [0.15, 0.2) is 5.78 Å². The van der Waals surface area contributed by atoms with Crippen LogP contribution in [0.3, 0.4) is 0 Å². The molecule has 178 valence electrons. The second-order valence-corrected chi connectivity index (χ2v) is 10.4. The minimum Gasteiger partial charge on any atom is -0.328 e. The number of amides is 2. The smallest absolute Gasteiger partial charge is 0.318 e. The van der Waals surface area contributed by atoms with Crippen LogP contribution in [0.15, 0.2) is 30.3 Å². The zero-order chi connectivity index (χ0) is 23.7. The molecule has 8 heteroatoms. The molecule has 1 aliphatic carbocycles. The van der Waals surface area contributed by atoms with Crippen molar-refractivity contribution in [1.82, 2.24) is 15.1 Å². The van der Waals surface area contributed by atoms with Gasteiger partial charge in [-0.25, -0.2) is 13.6 Å². The van der Waals surface area contributed by atoms with Gasteiger partial charge in [-0.3, -0.25) is 4.79 Å². The van der Waals surface area contributed by atoms with Crippen LogP contribution in [-0.4, -0.2) is 66.8 Å². The molecule has 33 heavy (non-hydrogen) atoms. The predicted octanol–water partition coefficient (Wildman–Crippen LogP) is 3.62. The van der Waals surface area contributed by atoms with Gasteiger partial charge in [-0.1, -0.05) is 30.3 Å². The number of benzene rings is 1. The summed E-state index contributed by atoms with van der Waals surface area (Å²) < 4.78 is 29.9. The van der Waals surface area contributed by atoms with Gasteiger partial charge in [0, 0.05) is 37.8 Å². The molecule has 1 atom stereocenters. The number of Topliss-reactive ketones (excluding diaryl/α,β-unsaturated/α-hetero) is 1. The highest BCUT2D eigenvalue weighted by Gasteiger charge is 2.49. The topological polar surface area (TPSA) is 76.4 Å². The fourth-order valence-corrected chi connectivity index (χ4v) is 5.00. The van der Waals surface area contributed by atoms with Gasteiger partial charge in [0.2, 0.25) is 0 Å². The van der Waals surface area contributed by atoms with Gasteiger partial charge in [-0.15, -0.1) is 0 Å². The Hall–Kier alpha value is -2.53. The van der Waals surface area contributed by atoms with E-state index >= 15 is 0 Å². The van der Waals surface area contributed by atoms with E-state index in [1.807, 2.05) is 0 Å². The third-order valence-electron chi connectivity index (χ3n) is 7.49. The fraction of sp³-hybridized carbons (Fsp3) is 0.640. The van der Waals surface area contributed by atoms with Gasteiger partial charge in [-0.05, 0) is 51.4 Å². The maximum atomic E-state index is 14.9. The molecule has 2 heterocycles. The number of halogens is 2. The van der Waals surface area contributed by atoms with E-state index in [2.05, 4.69) is 23.3 Å². The van der Waals surface area contributed by atoms with Crippen LogP contribution in [0, 0.1) is 22.2 Å². The van der Waals surface area contributed by atoms with Crippen molar-refractivity contribution in [2.45, 2.75) is 56.9 Å². The van der Waals surface area contributed by atoms with Gasteiger partial charge >= 0.3 is 6.03 Å². The second-order valence-electron chi connectivity index (χ2n) is 10.4. The molecule has 1 aromatic rings. The maximum absolute atomic E-state index is 14.9. The van der Waals surface area contributed by atoms with Crippen molar-refractivity contribution in [3.05, 3.63) is 35.9 Å². The molecule has 3 aliphatic rings. The molecule has 0 unspecified atom stereocenters. The number of hydrogen-bond donors (Lipinski definition) is 1. The molecule has 0 radical (unpaired) electrons. The lowest BCUT2D eigenvalue weighted by molar-refractivity contribution is -0.124. The third-order valence-corrected chi connectivity index (χ3v) is 7.49. The van der Waals surface area contributed by atoms with Crippen LogP contribution in [0.1, 0.15) is 44.1 Å². The second kappa shape index (κ2) is 9.02. The van der Waals surface area contributed by atoms with Crippen molar-refractivity contribution in [3.8, 4) is 6.07 Å². The molecule has 4 rings (SSSR count). The summed E-state index contributed by atoms with van der Waals surface area (Å²) >= 11 is 0. The summed E-state index contributed by atoms with van der Waals surface area (Å²) in [6, 6.07) is 8.78. The van der Waals surface area contributed by atoms with E-state index in [4.69, 9.17) is 0 Å². The number of likely N-dealkylation sites (tertiary alicyclic amines) is 2. The average molecular weight is 459 g/mol. The predicted molar refractivity (Wildman–Crippen MR) is 120 cm³/mol. The Morgan fingerprint density at radius 2 is 1.79 bits per heavy atom. The molecular weight excluding hydrogens is 426 g/mol. The molecule has 2 aliphatic heterocycles. The minimum atomic E-state index is -3.16. The Balaban J connectivity index is 1.40. The number of ketones is 1. The van der Waals surface area contributed by atoms with Crippen LogP contribution in [0.25, 0.3) is 0 Å². The molecule has 1 saturated carbocycles. The first-order valence-electron chi connectivity index (χ1n) is 11.7. The van der Waals surface area contributed by atoms with Gasteiger partial charge in [0.25, 0.3) is 5.92 Å². The van der Waals surface area contributed by atoms with Crippen molar-refractivity contribution < 1.29 is 18.4 Å². The highest BCUT2D eigenvalue weighted by Crippen LogP contribution is 2.48.